The van der Waals surface area contributed by atoms with E-state index in [0.717, 1.165) is 0 Å². The van der Waals surface area contributed by atoms with Crippen molar-refractivity contribution in [1.29, 1.82) is 0 Å². The molecule has 0 aromatic heterocycles. The summed E-state index contributed by atoms with van der Waals surface area (Å²) in [7, 11) is 4.81. The average Bonchev–Trinajstić information content (AvgIpc) is 2.61. The Bertz CT molecular complexity index is 439. The molecule has 0 fully saturated rings. The van der Waals surface area contributed by atoms with Crippen LogP contribution in [0.15, 0.2) is 0 Å². The SMILES string of the molecule is Cl.Cl.NC(CSSC[C@H](N)C(=O)O)C(=O)O.NC(CSSC[C@H](N)C(=O)O)C(=O)O. The number of rotatable bonds is 14. The van der Waals surface area contributed by atoms with Gasteiger partial charge in [-0.05, 0) is 0 Å². The molecule has 2 unspecified atom stereocenters. The standard InChI is InChI=1S/2C6H12N2O4S2.2ClH/c2*7-3(5(9)10)1-13-14-2-4(8)6(11)12;;/h2*3-4H,1-2,7-8H2,(H,9,10)(H,11,12);2*1H/t2*3-,4?;;/m00../s1. The number of hydrogen-bond acceptors (Lipinski definition) is 12. The maximum Gasteiger partial charge on any atom is 0.321 e. The molecule has 0 rings (SSSR count). The van der Waals surface area contributed by atoms with E-state index in [2.05, 4.69) is 0 Å². The Morgan fingerprint density at radius 2 is 0.633 bits per heavy atom. The number of aliphatic carboxylic acids is 4. The molecule has 18 heteroatoms. The monoisotopic (exact) mass is 552 g/mol. The fraction of sp³-hybridized carbons (Fsp3) is 0.667. The molecule has 30 heavy (non-hydrogen) atoms. The highest BCUT2D eigenvalue weighted by atomic mass is 35.5. The number of hydrogen-bond donors (Lipinski definition) is 8. The summed E-state index contributed by atoms with van der Waals surface area (Å²) in [5.41, 5.74) is 20.8. The summed E-state index contributed by atoms with van der Waals surface area (Å²) >= 11 is 0. The van der Waals surface area contributed by atoms with Crippen LogP contribution < -0.4 is 22.9 Å². The Labute approximate surface area is 201 Å². The van der Waals surface area contributed by atoms with Crippen LogP contribution in [0, 0.1) is 0 Å². The zero-order chi connectivity index (χ0) is 22.3. The second kappa shape index (κ2) is 21.9. The van der Waals surface area contributed by atoms with Crippen LogP contribution in [0.3, 0.4) is 0 Å². The number of nitrogens with two attached hydrogens (primary N) is 4. The Kier molecular flexibility index (Phi) is 27.1. The van der Waals surface area contributed by atoms with Gasteiger partial charge in [0.05, 0.1) is 0 Å². The van der Waals surface area contributed by atoms with Gasteiger partial charge in [-0.25, -0.2) is 0 Å². The molecule has 12 N–H and O–H groups in total. The maximum absolute atomic E-state index is 10.3. The minimum absolute atomic E-state index is 0. The van der Waals surface area contributed by atoms with Gasteiger partial charge in [-0.3, -0.25) is 19.2 Å². The highest BCUT2D eigenvalue weighted by Crippen LogP contribution is 2.22. The quantitative estimate of drug-likeness (QED) is 0.0970. The fourth-order valence-electron chi connectivity index (χ4n) is 0.771. The summed E-state index contributed by atoms with van der Waals surface area (Å²) < 4.78 is 0. The molecule has 0 saturated heterocycles. The molecule has 180 valence electrons. The number of carboxylic acid groups (broad SMARTS) is 4. The molecule has 0 aliphatic carbocycles. The molecule has 0 radical (unpaired) electrons. The predicted octanol–water partition coefficient (Wildman–Crippen LogP) is -0.773. The third-order valence-corrected chi connectivity index (χ3v) is 7.37. The van der Waals surface area contributed by atoms with Gasteiger partial charge in [-0.1, -0.05) is 43.2 Å². The van der Waals surface area contributed by atoms with E-state index < -0.39 is 48.0 Å². The molecule has 0 aromatic rings. The molecule has 0 aromatic carbocycles. The van der Waals surface area contributed by atoms with Crippen molar-refractivity contribution in [3.8, 4) is 0 Å². The average molecular weight is 554 g/mol. The molecule has 4 atom stereocenters. The van der Waals surface area contributed by atoms with Crippen LogP contribution in [0.2, 0.25) is 0 Å². The highest BCUT2D eigenvalue weighted by molar-refractivity contribution is 8.77. The second-order valence-electron chi connectivity index (χ2n) is 4.92. The van der Waals surface area contributed by atoms with Crippen LogP contribution in [0.1, 0.15) is 0 Å². The van der Waals surface area contributed by atoms with E-state index >= 15 is 0 Å². The summed E-state index contributed by atoms with van der Waals surface area (Å²) in [6, 6.07) is -3.69. The van der Waals surface area contributed by atoms with Gasteiger partial charge >= 0.3 is 23.9 Å². The maximum atomic E-state index is 10.3. The summed E-state index contributed by atoms with van der Waals surface area (Å²) in [4.78, 5) is 41.1. The zero-order valence-electron chi connectivity index (χ0n) is 15.3. The van der Waals surface area contributed by atoms with E-state index in [-0.39, 0.29) is 47.8 Å². The summed E-state index contributed by atoms with van der Waals surface area (Å²) in [6.07, 6.45) is 0. The minimum Gasteiger partial charge on any atom is -0.480 e. The Morgan fingerprint density at radius 3 is 0.733 bits per heavy atom. The lowest BCUT2D eigenvalue weighted by atomic mass is 10.4. The second-order valence-corrected chi connectivity index (χ2v) is 10.0. The molecule has 0 aliphatic heterocycles. The molecule has 0 spiro atoms. The summed E-state index contributed by atoms with van der Waals surface area (Å²) in [5.74, 6) is -3.36. The van der Waals surface area contributed by atoms with Crippen molar-refractivity contribution >= 4 is 91.9 Å². The van der Waals surface area contributed by atoms with E-state index in [1.807, 2.05) is 0 Å². The first-order chi connectivity index (χ1) is 12.9. The van der Waals surface area contributed by atoms with Crippen molar-refractivity contribution in [1.82, 2.24) is 0 Å². The van der Waals surface area contributed by atoms with Gasteiger partial charge in [0.15, 0.2) is 0 Å². The third-order valence-electron chi connectivity index (χ3n) is 2.43. The lowest BCUT2D eigenvalue weighted by molar-refractivity contribution is -0.138. The Morgan fingerprint density at radius 1 is 0.500 bits per heavy atom. The Hall–Kier alpha value is -0.300. The van der Waals surface area contributed by atoms with Crippen molar-refractivity contribution in [2.24, 2.45) is 22.9 Å². The summed E-state index contributed by atoms with van der Waals surface area (Å²) in [5, 5.41) is 33.6. The largest absolute Gasteiger partial charge is 0.480 e. The molecule has 0 saturated carbocycles. The van der Waals surface area contributed by atoms with Crippen molar-refractivity contribution in [2.45, 2.75) is 24.2 Å². The van der Waals surface area contributed by atoms with Crippen molar-refractivity contribution in [3.63, 3.8) is 0 Å². The highest BCUT2D eigenvalue weighted by Gasteiger charge is 2.15. The Balaban J connectivity index is -0.000000211. The zero-order valence-corrected chi connectivity index (χ0v) is 20.2. The van der Waals surface area contributed by atoms with Crippen LogP contribution in [-0.4, -0.2) is 91.5 Å². The molecule has 0 aliphatic rings. The van der Waals surface area contributed by atoms with Crippen LogP contribution in [0.5, 0.6) is 0 Å². The van der Waals surface area contributed by atoms with Crippen molar-refractivity contribution < 1.29 is 39.6 Å². The molecule has 12 nitrogen and oxygen atoms in total. The third kappa shape index (κ3) is 22.4. The predicted molar refractivity (Wildman–Crippen MR) is 127 cm³/mol. The molecule has 0 bridgehead atoms. The van der Waals surface area contributed by atoms with E-state index in [9.17, 15) is 19.2 Å². The van der Waals surface area contributed by atoms with Crippen LogP contribution >= 0.6 is 68.0 Å². The number of halogens is 2. The van der Waals surface area contributed by atoms with Gasteiger partial charge < -0.3 is 43.4 Å². The van der Waals surface area contributed by atoms with Gasteiger partial charge in [0.1, 0.15) is 24.2 Å². The number of carbonyl (C=O) groups is 4. The van der Waals surface area contributed by atoms with Crippen LogP contribution in [-0.2, 0) is 19.2 Å². The first-order valence-electron chi connectivity index (χ1n) is 7.32. The van der Waals surface area contributed by atoms with E-state index in [0.29, 0.717) is 0 Å². The van der Waals surface area contributed by atoms with Crippen molar-refractivity contribution in [2.75, 3.05) is 23.0 Å². The normalized spacial score (nSPS) is 13.7. The van der Waals surface area contributed by atoms with Crippen molar-refractivity contribution in [3.05, 3.63) is 0 Å². The van der Waals surface area contributed by atoms with Crippen LogP contribution in [0.4, 0.5) is 0 Å². The lowest BCUT2D eigenvalue weighted by Gasteiger charge is -2.07. The molecular formula is C12H26Cl2N4O8S4. The molecular weight excluding hydrogens is 527 g/mol. The number of carboxylic acids is 4. The van der Waals surface area contributed by atoms with Crippen LogP contribution in [0.25, 0.3) is 0 Å². The summed E-state index contributed by atoms with van der Waals surface area (Å²) in [6.45, 7) is 0. The van der Waals surface area contributed by atoms with E-state index in [4.69, 9.17) is 43.4 Å². The van der Waals surface area contributed by atoms with Gasteiger partial charge in [0.2, 0.25) is 0 Å². The molecule has 0 heterocycles. The van der Waals surface area contributed by atoms with Gasteiger partial charge in [0.25, 0.3) is 0 Å². The smallest absolute Gasteiger partial charge is 0.321 e. The van der Waals surface area contributed by atoms with E-state index in [1.54, 1.807) is 0 Å². The minimum atomic E-state index is -1.07. The molecule has 0 amide bonds. The topological polar surface area (TPSA) is 253 Å². The van der Waals surface area contributed by atoms with E-state index in [1.165, 1.54) is 43.2 Å². The first kappa shape index (κ1) is 37.0. The van der Waals surface area contributed by atoms with Gasteiger partial charge in [0, 0.05) is 23.0 Å². The fourth-order valence-corrected chi connectivity index (χ4v) is 5.23. The lowest BCUT2D eigenvalue weighted by Crippen LogP contribution is -2.33. The van der Waals surface area contributed by atoms with Gasteiger partial charge in [-0.2, -0.15) is 0 Å². The van der Waals surface area contributed by atoms with Gasteiger partial charge in [-0.15, -0.1) is 24.8 Å². The first-order valence-corrected chi connectivity index (χ1v) is 12.3.